The molecule has 8 heteroatoms. The predicted octanol–water partition coefficient (Wildman–Crippen LogP) is 14.6. The van der Waals surface area contributed by atoms with Gasteiger partial charge in [-0.2, -0.15) is 0 Å². The summed E-state index contributed by atoms with van der Waals surface area (Å²) in [4.78, 5) is 42.9. The van der Waals surface area contributed by atoms with Crippen molar-refractivity contribution in [3.63, 3.8) is 0 Å². The van der Waals surface area contributed by atoms with Crippen molar-refractivity contribution in [1.82, 2.24) is 9.80 Å². The number of hydrogen-bond acceptors (Lipinski definition) is 8. The monoisotopic (exact) mass is 863 g/mol. The molecule has 2 unspecified atom stereocenters. The van der Waals surface area contributed by atoms with E-state index in [2.05, 4.69) is 61.8 Å². The van der Waals surface area contributed by atoms with Crippen LogP contribution in [0.15, 0.2) is 24.3 Å². The Kier molecular flexibility index (Phi) is 44.1. The lowest BCUT2D eigenvalue weighted by molar-refractivity contribution is -0.150. The zero-order valence-corrected chi connectivity index (χ0v) is 41.3. The van der Waals surface area contributed by atoms with Crippen LogP contribution in [0.4, 0.5) is 0 Å². The van der Waals surface area contributed by atoms with Gasteiger partial charge < -0.3 is 14.4 Å². The second-order valence-electron chi connectivity index (χ2n) is 17.7. The smallest absolute Gasteiger partial charge is 0.306 e. The molecule has 0 radical (unpaired) electrons. The maximum Gasteiger partial charge on any atom is 0.306 e. The molecular weight excluding hydrogens is 765 g/mol. The Hall–Kier alpha value is -1.64. The Balaban J connectivity index is 4.63. The van der Waals surface area contributed by atoms with Gasteiger partial charge in [0.2, 0.25) is 5.12 Å². The molecule has 0 rings (SSSR count). The van der Waals surface area contributed by atoms with Crippen LogP contribution in [-0.4, -0.2) is 85.1 Å². The lowest BCUT2D eigenvalue weighted by Gasteiger charge is -2.21. The van der Waals surface area contributed by atoms with E-state index >= 15 is 0 Å². The molecular formula is C52H98N2O5S. The standard InChI is InChI=1S/C52H98N2O5S/c1-7-11-15-19-23-31-39-48(37-29-17-13-9-3)58-50(55)41-33-25-21-27-35-43-54(47-52(57)60-46-45-53(5)6)44-36-28-22-26-34-42-51(56)59-49(38-30-18-14-10-4)40-32-24-20-16-12-8-2/h23-24,31-32,48-49H,7-22,25-30,33-47H2,1-6H3/b31-23-,32-24-. The third-order valence-electron chi connectivity index (χ3n) is 11.3. The molecule has 352 valence electrons. The summed E-state index contributed by atoms with van der Waals surface area (Å²) in [5, 5.41) is 0.264. The van der Waals surface area contributed by atoms with Crippen molar-refractivity contribution in [2.24, 2.45) is 0 Å². The van der Waals surface area contributed by atoms with Crippen LogP contribution in [0.1, 0.15) is 233 Å². The van der Waals surface area contributed by atoms with Crippen LogP contribution in [0.25, 0.3) is 0 Å². The van der Waals surface area contributed by atoms with Crippen LogP contribution >= 0.6 is 11.8 Å². The van der Waals surface area contributed by atoms with Crippen LogP contribution in [0, 0.1) is 0 Å². The number of allylic oxidation sites excluding steroid dienone is 2. The largest absolute Gasteiger partial charge is 0.462 e. The van der Waals surface area contributed by atoms with E-state index in [1.807, 2.05) is 14.1 Å². The zero-order valence-electron chi connectivity index (χ0n) is 40.5. The molecule has 0 aromatic rings. The van der Waals surface area contributed by atoms with Crippen LogP contribution in [0.5, 0.6) is 0 Å². The second kappa shape index (κ2) is 45.4. The molecule has 0 fully saturated rings. The third kappa shape index (κ3) is 41.7. The van der Waals surface area contributed by atoms with Gasteiger partial charge in [0.25, 0.3) is 0 Å². The number of rotatable bonds is 45. The highest BCUT2D eigenvalue weighted by Gasteiger charge is 2.15. The van der Waals surface area contributed by atoms with Gasteiger partial charge in [-0.05, 0) is 104 Å². The number of hydrogen-bond donors (Lipinski definition) is 0. The fraction of sp³-hybridized carbons (Fsp3) is 0.865. The van der Waals surface area contributed by atoms with Gasteiger partial charge in [0.05, 0.1) is 6.54 Å². The van der Waals surface area contributed by atoms with Gasteiger partial charge in [0, 0.05) is 38.0 Å². The summed E-state index contributed by atoms with van der Waals surface area (Å²) in [5.74, 6) is 0.754. The van der Waals surface area contributed by atoms with Gasteiger partial charge in [-0.25, -0.2) is 0 Å². The fourth-order valence-corrected chi connectivity index (χ4v) is 8.36. The molecule has 60 heavy (non-hydrogen) atoms. The first-order valence-electron chi connectivity index (χ1n) is 25.5. The summed E-state index contributed by atoms with van der Waals surface area (Å²) in [6, 6.07) is 0. The molecule has 0 aliphatic carbocycles. The molecule has 0 aliphatic heterocycles. The van der Waals surface area contributed by atoms with Crippen molar-refractivity contribution in [1.29, 1.82) is 0 Å². The minimum atomic E-state index is -0.0375. The maximum atomic E-state index is 12.9. The van der Waals surface area contributed by atoms with Crippen LogP contribution < -0.4 is 0 Å². The molecule has 0 heterocycles. The van der Waals surface area contributed by atoms with Crippen LogP contribution in [-0.2, 0) is 23.9 Å². The lowest BCUT2D eigenvalue weighted by Crippen LogP contribution is -2.31. The first-order valence-corrected chi connectivity index (χ1v) is 26.5. The molecule has 0 aromatic heterocycles. The Bertz CT molecular complexity index is 968. The number of unbranched alkanes of at least 4 members (excludes halogenated alkanes) is 20. The van der Waals surface area contributed by atoms with Crippen molar-refractivity contribution in [2.75, 3.05) is 46.0 Å². The number of carbonyl (C=O) groups is 3. The van der Waals surface area contributed by atoms with E-state index in [0.29, 0.717) is 19.4 Å². The lowest BCUT2D eigenvalue weighted by atomic mass is 10.1. The molecule has 0 N–H and O–H groups in total. The number of nitrogens with zero attached hydrogens (tertiary/aromatic N) is 2. The molecule has 0 aliphatic rings. The van der Waals surface area contributed by atoms with Crippen LogP contribution in [0.3, 0.4) is 0 Å². The van der Waals surface area contributed by atoms with E-state index in [4.69, 9.17) is 9.47 Å². The Morgan fingerprint density at radius 2 is 0.883 bits per heavy atom. The zero-order chi connectivity index (χ0) is 44.2. The summed E-state index contributed by atoms with van der Waals surface area (Å²) in [7, 11) is 4.09. The first kappa shape index (κ1) is 58.4. The maximum absolute atomic E-state index is 12.9. The predicted molar refractivity (Wildman–Crippen MR) is 261 cm³/mol. The average molecular weight is 863 g/mol. The van der Waals surface area contributed by atoms with Crippen molar-refractivity contribution < 1.29 is 23.9 Å². The van der Waals surface area contributed by atoms with Crippen LogP contribution in [0.2, 0.25) is 0 Å². The van der Waals surface area contributed by atoms with Gasteiger partial charge in [0.1, 0.15) is 12.2 Å². The van der Waals surface area contributed by atoms with E-state index < -0.39 is 0 Å². The summed E-state index contributed by atoms with van der Waals surface area (Å²) in [6.07, 6.45) is 43.4. The SMILES string of the molecule is CCCCC/C=C\CC(CCCCCC)OC(=O)CCCCCCCN(CCCCCCCC(=O)OC(C/C=C\CCCCC)CCCCCC)CC(=O)SCCN(C)C. The minimum absolute atomic E-state index is 0.00979. The summed E-state index contributed by atoms with van der Waals surface area (Å²) in [5.41, 5.74) is 0. The topological polar surface area (TPSA) is 76.1 Å². The van der Waals surface area contributed by atoms with Crippen molar-refractivity contribution >= 4 is 28.8 Å². The third-order valence-corrected chi connectivity index (χ3v) is 12.1. The number of thioether (sulfide) groups is 1. The highest BCUT2D eigenvalue weighted by Crippen LogP contribution is 2.18. The molecule has 0 saturated heterocycles. The quantitative estimate of drug-likeness (QED) is 0.0340. The second-order valence-corrected chi connectivity index (χ2v) is 18.8. The summed E-state index contributed by atoms with van der Waals surface area (Å²) >= 11 is 1.46. The van der Waals surface area contributed by atoms with Crippen molar-refractivity contribution in [3.05, 3.63) is 24.3 Å². The first-order chi connectivity index (χ1) is 29.2. The van der Waals surface area contributed by atoms with Crippen molar-refractivity contribution in [2.45, 2.75) is 245 Å². The number of esters is 2. The molecule has 0 aromatic carbocycles. The number of ether oxygens (including phenoxy) is 2. The molecule has 0 amide bonds. The molecule has 0 bridgehead atoms. The van der Waals surface area contributed by atoms with E-state index in [1.165, 1.54) is 88.8 Å². The molecule has 0 spiro atoms. The molecule has 2 atom stereocenters. The van der Waals surface area contributed by atoms with Gasteiger partial charge in [-0.1, -0.05) is 166 Å². The van der Waals surface area contributed by atoms with E-state index in [-0.39, 0.29) is 29.3 Å². The Morgan fingerprint density at radius 3 is 1.32 bits per heavy atom. The van der Waals surface area contributed by atoms with Gasteiger partial charge in [0.15, 0.2) is 0 Å². The highest BCUT2D eigenvalue weighted by molar-refractivity contribution is 8.13. The highest BCUT2D eigenvalue weighted by atomic mass is 32.2. The van der Waals surface area contributed by atoms with E-state index in [1.54, 1.807) is 0 Å². The van der Waals surface area contributed by atoms with E-state index in [0.717, 1.165) is 141 Å². The van der Waals surface area contributed by atoms with Gasteiger partial charge in [-0.15, -0.1) is 0 Å². The van der Waals surface area contributed by atoms with Gasteiger partial charge in [-0.3, -0.25) is 19.3 Å². The summed E-state index contributed by atoms with van der Waals surface area (Å²) < 4.78 is 11.9. The summed E-state index contributed by atoms with van der Waals surface area (Å²) in [6.45, 7) is 12.2. The average Bonchev–Trinajstić information content (AvgIpc) is 3.22. The van der Waals surface area contributed by atoms with Crippen molar-refractivity contribution in [3.8, 4) is 0 Å². The van der Waals surface area contributed by atoms with E-state index in [9.17, 15) is 14.4 Å². The minimum Gasteiger partial charge on any atom is -0.462 e. The Labute approximate surface area is 376 Å². The van der Waals surface area contributed by atoms with Gasteiger partial charge >= 0.3 is 11.9 Å². The number of carbonyl (C=O) groups excluding carboxylic acids is 3. The molecule has 7 nitrogen and oxygen atoms in total. The molecule has 0 saturated carbocycles. The Morgan fingerprint density at radius 1 is 0.483 bits per heavy atom. The normalized spacial score (nSPS) is 12.9. The fourth-order valence-electron chi connectivity index (χ4n) is 7.40.